The molecule has 2 rings (SSSR count). The third-order valence-electron chi connectivity index (χ3n) is 3.12. The molecule has 0 unspecified atom stereocenters. The number of aromatic nitrogens is 1. The monoisotopic (exact) mass is 286 g/mol. The molecule has 1 aromatic heterocycles. The molecule has 2 aromatic rings. The highest BCUT2D eigenvalue weighted by Crippen LogP contribution is 2.15. The largest absolute Gasteiger partial charge is 0.491 e. The second-order valence-electron chi connectivity index (χ2n) is 4.77. The predicted molar refractivity (Wildman–Crippen MR) is 80.7 cm³/mol. The molecule has 0 aliphatic rings. The molecule has 0 saturated carbocycles. The molecular formula is C16H18N2O3. The van der Waals surface area contributed by atoms with Crippen LogP contribution in [0.3, 0.4) is 0 Å². The van der Waals surface area contributed by atoms with Gasteiger partial charge in [-0.2, -0.15) is 0 Å². The van der Waals surface area contributed by atoms with E-state index < -0.39 is 0 Å². The second kappa shape index (κ2) is 6.74. The Kier molecular flexibility index (Phi) is 4.77. The topological polar surface area (TPSA) is 62.4 Å². The van der Waals surface area contributed by atoms with E-state index in [1.165, 1.54) is 11.0 Å². The first-order chi connectivity index (χ1) is 10.1. The van der Waals surface area contributed by atoms with Crippen LogP contribution in [0.5, 0.6) is 5.75 Å². The number of rotatable bonds is 5. The van der Waals surface area contributed by atoms with E-state index in [1.54, 1.807) is 19.2 Å². The molecule has 0 aliphatic carbocycles. The SMILES string of the molecule is Cc1ccccc1OCCN(C)C(=O)c1cccc(=O)[nH]1. The minimum absolute atomic E-state index is 0.235. The summed E-state index contributed by atoms with van der Waals surface area (Å²) in [5, 5.41) is 0. The zero-order valence-corrected chi connectivity index (χ0v) is 12.1. The lowest BCUT2D eigenvalue weighted by Crippen LogP contribution is -2.32. The maximum absolute atomic E-state index is 12.1. The Morgan fingerprint density at radius 3 is 2.67 bits per heavy atom. The van der Waals surface area contributed by atoms with Crippen molar-refractivity contribution < 1.29 is 9.53 Å². The lowest BCUT2D eigenvalue weighted by molar-refractivity contribution is 0.0767. The van der Waals surface area contributed by atoms with Gasteiger partial charge in [0.05, 0.1) is 6.54 Å². The van der Waals surface area contributed by atoms with Crippen LogP contribution >= 0.6 is 0 Å². The molecule has 1 N–H and O–H groups in total. The number of amides is 1. The maximum atomic E-state index is 12.1. The second-order valence-corrected chi connectivity index (χ2v) is 4.77. The van der Waals surface area contributed by atoms with Crippen molar-refractivity contribution in [3.63, 3.8) is 0 Å². The van der Waals surface area contributed by atoms with Crippen LogP contribution in [0.2, 0.25) is 0 Å². The van der Waals surface area contributed by atoms with Gasteiger partial charge < -0.3 is 14.6 Å². The van der Waals surface area contributed by atoms with Crippen molar-refractivity contribution in [1.82, 2.24) is 9.88 Å². The van der Waals surface area contributed by atoms with E-state index in [-0.39, 0.29) is 17.2 Å². The van der Waals surface area contributed by atoms with E-state index in [9.17, 15) is 9.59 Å². The van der Waals surface area contributed by atoms with Crippen LogP contribution in [0.4, 0.5) is 0 Å². The Morgan fingerprint density at radius 1 is 1.19 bits per heavy atom. The van der Waals surface area contributed by atoms with E-state index in [1.807, 2.05) is 31.2 Å². The van der Waals surface area contributed by atoms with Gasteiger partial charge in [-0.25, -0.2) is 0 Å². The molecule has 0 fully saturated rings. The number of carbonyl (C=O) groups excluding carboxylic acids is 1. The van der Waals surface area contributed by atoms with Crippen molar-refractivity contribution in [3.05, 3.63) is 64.1 Å². The van der Waals surface area contributed by atoms with Crippen LogP contribution in [0.1, 0.15) is 16.1 Å². The summed E-state index contributed by atoms with van der Waals surface area (Å²) in [7, 11) is 1.68. The Labute approximate surface area is 123 Å². The summed E-state index contributed by atoms with van der Waals surface area (Å²) in [5.74, 6) is 0.576. The van der Waals surface area contributed by atoms with Crippen LogP contribution in [-0.2, 0) is 0 Å². The number of benzene rings is 1. The van der Waals surface area contributed by atoms with E-state index in [2.05, 4.69) is 4.98 Å². The van der Waals surface area contributed by atoms with Gasteiger partial charge >= 0.3 is 0 Å². The number of aryl methyl sites for hydroxylation is 1. The fraction of sp³-hybridized carbons (Fsp3) is 0.250. The third-order valence-corrected chi connectivity index (χ3v) is 3.12. The van der Waals surface area contributed by atoms with E-state index in [0.717, 1.165) is 11.3 Å². The molecular weight excluding hydrogens is 268 g/mol. The normalized spacial score (nSPS) is 10.2. The van der Waals surface area contributed by atoms with Gasteiger partial charge in [-0.05, 0) is 24.6 Å². The van der Waals surface area contributed by atoms with Crippen molar-refractivity contribution in [2.24, 2.45) is 0 Å². The summed E-state index contributed by atoms with van der Waals surface area (Å²) in [4.78, 5) is 27.3. The number of hydrogen-bond donors (Lipinski definition) is 1. The summed E-state index contributed by atoms with van der Waals surface area (Å²) in [6.07, 6.45) is 0. The van der Waals surface area contributed by atoms with Gasteiger partial charge in [0, 0.05) is 13.1 Å². The number of nitrogens with one attached hydrogen (secondary N) is 1. The number of hydrogen-bond acceptors (Lipinski definition) is 3. The molecule has 0 saturated heterocycles. The quantitative estimate of drug-likeness (QED) is 0.912. The first-order valence-electron chi connectivity index (χ1n) is 6.71. The molecule has 0 atom stereocenters. The highest BCUT2D eigenvalue weighted by atomic mass is 16.5. The van der Waals surface area contributed by atoms with Crippen LogP contribution in [0.25, 0.3) is 0 Å². The number of pyridine rings is 1. The summed E-state index contributed by atoms with van der Waals surface area (Å²) < 4.78 is 5.65. The van der Waals surface area contributed by atoms with Crippen molar-refractivity contribution in [1.29, 1.82) is 0 Å². The summed E-state index contributed by atoms with van der Waals surface area (Å²) in [6.45, 7) is 2.80. The van der Waals surface area contributed by atoms with E-state index >= 15 is 0 Å². The number of carbonyl (C=O) groups is 1. The Hall–Kier alpha value is -2.56. The molecule has 0 bridgehead atoms. The van der Waals surface area contributed by atoms with E-state index in [0.29, 0.717) is 13.2 Å². The van der Waals surface area contributed by atoms with E-state index in [4.69, 9.17) is 4.74 Å². The van der Waals surface area contributed by atoms with Crippen molar-refractivity contribution in [3.8, 4) is 5.75 Å². The number of aromatic amines is 1. The first-order valence-corrected chi connectivity index (χ1v) is 6.71. The minimum Gasteiger partial charge on any atom is -0.491 e. The number of ether oxygens (including phenoxy) is 1. The average molecular weight is 286 g/mol. The predicted octanol–water partition coefficient (Wildman–Crippen LogP) is 1.83. The molecule has 1 aromatic carbocycles. The third kappa shape index (κ3) is 3.95. The molecule has 5 heteroatoms. The van der Waals surface area contributed by atoms with Crippen LogP contribution in [0.15, 0.2) is 47.3 Å². The maximum Gasteiger partial charge on any atom is 0.270 e. The Morgan fingerprint density at radius 2 is 1.95 bits per heavy atom. The molecule has 0 radical (unpaired) electrons. The lowest BCUT2D eigenvalue weighted by atomic mass is 10.2. The Bertz CT molecular complexity index is 679. The molecule has 0 aliphatic heterocycles. The van der Waals surface area contributed by atoms with Gasteiger partial charge in [0.25, 0.3) is 5.91 Å². The molecule has 1 amide bonds. The van der Waals surface area contributed by atoms with Gasteiger partial charge in [0.1, 0.15) is 18.1 Å². The van der Waals surface area contributed by atoms with Crippen molar-refractivity contribution >= 4 is 5.91 Å². The molecule has 21 heavy (non-hydrogen) atoms. The highest BCUT2D eigenvalue weighted by Gasteiger charge is 2.12. The summed E-state index contributed by atoms with van der Waals surface area (Å²) >= 11 is 0. The lowest BCUT2D eigenvalue weighted by Gasteiger charge is -2.17. The first kappa shape index (κ1) is 14.8. The van der Waals surface area contributed by atoms with Crippen LogP contribution in [0, 0.1) is 6.92 Å². The van der Waals surface area contributed by atoms with Crippen molar-refractivity contribution in [2.75, 3.05) is 20.2 Å². The van der Waals surface area contributed by atoms with Crippen LogP contribution in [-0.4, -0.2) is 36.0 Å². The van der Waals surface area contributed by atoms with Gasteiger partial charge in [0.15, 0.2) is 0 Å². The number of likely N-dealkylation sites (N-methyl/N-ethyl adjacent to an activating group) is 1. The zero-order valence-electron chi connectivity index (χ0n) is 12.1. The van der Waals surface area contributed by atoms with Gasteiger partial charge in [-0.1, -0.05) is 24.3 Å². The van der Waals surface area contributed by atoms with Gasteiger partial charge in [-0.15, -0.1) is 0 Å². The number of H-pyrrole nitrogens is 1. The summed E-state index contributed by atoms with van der Waals surface area (Å²) in [6, 6.07) is 12.2. The number of nitrogens with zero attached hydrogens (tertiary/aromatic N) is 1. The van der Waals surface area contributed by atoms with Gasteiger partial charge in [-0.3, -0.25) is 9.59 Å². The Balaban J connectivity index is 1.90. The zero-order chi connectivity index (χ0) is 15.2. The number of para-hydroxylation sites is 1. The minimum atomic E-state index is -0.287. The summed E-state index contributed by atoms with van der Waals surface area (Å²) in [5.41, 5.74) is 1.05. The molecule has 1 heterocycles. The highest BCUT2D eigenvalue weighted by molar-refractivity contribution is 5.91. The molecule has 0 spiro atoms. The molecule has 110 valence electrons. The molecule has 5 nitrogen and oxygen atoms in total. The fourth-order valence-electron chi connectivity index (χ4n) is 1.89. The fourth-order valence-corrected chi connectivity index (χ4v) is 1.89. The smallest absolute Gasteiger partial charge is 0.270 e. The standard InChI is InChI=1S/C16H18N2O3/c1-12-6-3-4-8-14(12)21-11-10-18(2)16(20)13-7-5-9-15(19)17-13/h3-9H,10-11H2,1-2H3,(H,17,19). The van der Waals surface area contributed by atoms with Gasteiger partial charge in [0.2, 0.25) is 5.56 Å². The average Bonchev–Trinajstić information content (AvgIpc) is 2.48. The van der Waals surface area contributed by atoms with Crippen LogP contribution < -0.4 is 10.3 Å². The van der Waals surface area contributed by atoms with Crippen molar-refractivity contribution in [2.45, 2.75) is 6.92 Å².